The summed E-state index contributed by atoms with van der Waals surface area (Å²) in [6, 6.07) is 0. The van der Waals surface area contributed by atoms with Crippen molar-refractivity contribution in [2.75, 3.05) is 14.2 Å². The Morgan fingerprint density at radius 1 is 1.70 bits per heavy atom. The highest BCUT2D eigenvalue weighted by molar-refractivity contribution is 5.78. The topological polar surface area (TPSA) is 24.8 Å². The molecule has 3 nitrogen and oxygen atoms in total. The van der Waals surface area contributed by atoms with Crippen LogP contribution in [0.15, 0.2) is 16.8 Å². The van der Waals surface area contributed by atoms with Crippen LogP contribution >= 0.6 is 0 Å². The number of ether oxygens (including phenoxy) is 1. The van der Waals surface area contributed by atoms with Crippen molar-refractivity contribution in [2.45, 2.75) is 13.3 Å². The number of hydrogen-bond donors (Lipinski definition) is 0. The molecule has 0 radical (unpaired) electrons. The standard InChI is InChI=1S/C7H12N2O/c1-6-4-8-7(10-3)9(2)5-6/h4-5,7H,1-3H3. The van der Waals surface area contributed by atoms with Crippen LogP contribution in [0.2, 0.25) is 0 Å². The van der Waals surface area contributed by atoms with E-state index in [1.54, 1.807) is 7.11 Å². The quantitative estimate of drug-likeness (QED) is 0.539. The van der Waals surface area contributed by atoms with Gasteiger partial charge in [0.25, 0.3) is 0 Å². The second-order valence-corrected chi connectivity index (χ2v) is 2.38. The van der Waals surface area contributed by atoms with Gasteiger partial charge in [-0.05, 0) is 12.5 Å². The summed E-state index contributed by atoms with van der Waals surface area (Å²) in [5.74, 6) is 0. The summed E-state index contributed by atoms with van der Waals surface area (Å²) in [6.45, 7) is 2.01. The van der Waals surface area contributed by atoms with E-state index in [1.165, 1.54) is 0 Å². The van der Waals surface area contributed by atoms with Crippen LogP contribution in [-0.2, 0) is 4.74 Å². The van der Waals surface area contributed by atoms with Crippen molar-refractivity contribution in [3.8, 4) is 0 Å². The molecule has 0 amide bonds. The van der Waals surface area contributed by atoms with E-state index < -0.39 is 0 Å². The van der Waals surface area contributed by atoms with Crippen molar-refractivity contribution in [3.63, 3.8) is 0 Å². The van der Waals surface area contributed by atoms with Crippen molar-refractivity contribution in [3.05, 3.63) is 11.8 Å². The normalized spacial score (nSPS) is 24.9. The second-order valence-electron chi connectivity index (χ2n) is 2.38. The maximum atomic E-state index is 5.04. The van der Waals surface area contributed by atoms with Gasteiger partial charge in [-0.25, -0.2) is 4.99 Å². The molecule has 1 aliphatic rings. The number of methoxy groups -OCH3 is 1. The maximum Gasteiger partial charge on any atom is 0.227 e. The third-order valence-electron chi connectivity index (χ3n) is 1.37. The first-order valence-electron chi connectivity index (χ1n) is 3.20. The molecule has 1 unspecified atom stereocenters. The van der Waals surface area contributed by atoms with E-state index in [4.69, 9.17) is 4.74 Å². The molecule has 3 heteroatoms. The molecule has 1 atom stereocenters. The highest BCUT2D eigenvalue weighted by Crippen LogP contribution is 2.07. The number of rotatable bonds is 1. The summed E-state index contributed by atoms with van der Waals surface area (Å²) < 4.78 is 5.04. The summed E-state index contributed by atoms with van der Waals surface area (Å²) in [5.41, 5.74) is 1.15. The van der Waals surface area contributed by atoms with E-state index in [9.17, 15) is 0 Å². The van der Waals surface area contributed by atoms with Gasteiger partial charge in [0.1, 0.15) is 0 Å². The van der Waals surface area contributed by atoms with Crippen LogP contribution in [0, 0.1) is 0 Å². The minimum absolute atomic E-state index is 0.135. The first kappa shape index (κ1) is 7.28. The van der Waals surface area contributed by atoms with Crippen molar-refractivity contribution in [1.29, 1.82) is 0 Å². The Balaban J connectivity index is 2.64. The second kappa shape index (κ2) is 2.84. The third-order valence-corrected chi connectivity index (χ3v) is 1.37. The number of hydrogen-bond acceptors (Lipinski definition) is 3. The van der Waals surface area contributed by atoms with Gasteiger partial charge in [0.05, 0.1) is 0 Å². The lowest BCUT2D eigenvalue weighted by Gasteiger charge is -2.24. The maximum absolute atomic E-state index is 5.04. The van der Waals surface area contributed by atoms with Crippen LogP contribution in [0.1, 0.15) is 6.92 Å². The van der Waals surface area contributed by atoms with E-state index >= 15 is 0 Å². The molecule has 0 N–H and O–H groups in total. The Morgan fingerprint density at radius 3 is 2.90 bits per heavy atom. The minimum atomic E-state index is -0.135. The Labute approximate surface area is 61.0 Å². The van der Waals surface area contributed by atoms with Gasteiger partial charge in [-0.1, -0.05) is 0 Å². The lowest BCUT2D eigenvalue weighted by molar-refractivity contribution is 0.0141. The van der Waals surface area contributed by atoms with Gasteiger partial charge in [0, 0.05) is 26.6 Å². The molecule has 0 saturated carbocycles. The molecule has 0 aromatic carbocycles. The third kappa shape index (κ3) is 1.36. The fourth-order valence-corrected chi connectivity index (χ4v) is 0.932. The SMILES string of the molecule is COC1N=CC(C)=CN1C. The lowest BCUT2D eigenvalue weighted by atomic mass is 10.3. The largest absolute Gasteiger partial charge is 0.342 e. The Hall–Kier alpha value is -0.830. The number of allylic oxidation sites excluding steroid dienone is 1. The zero-order valence-electron chi connectivity index (χ0n) is 6.53. The smallest absolute Gasteiger partial charge is 0.227 e. The first-order valence-corrected chi connectivity index (χ1v) is 3.20. The van der Waals surface area contributed by atoms with Crippen molar-refractivity contribution in [1.82, 2.24) is 4.90 Å². The average Bonchev–Trinajstić information content (AvgIpc) is 1.88. The Morgan fingerprint density at radius 2 is 2.40 bits per heavy atom. The molecule has 0 saturated heterocycles. The first-order chi connectivity index (χ1) is 4.74. The van der Waals surface area contributed by atoms with Gasteiger partial charge in [-0.2, -0.15) is 0 Å². The molecular formula is C7H12N2O. The molecule has 1 rings (SSSR count). The highest BCUT2D eigenvalue weighted by Gasteiger charge is 2.10. The zero-order valence-corrected chi connectivity index (χ0v) is 6.53. The summed E-state index contributed by atoms with van der Waals surface area (Å²) in [5, 5.41) is 0. The minimum Gasteiger partial charge on any atom is -0.342 e. The fourth-order valence-electron chi connectivity index (χ4n) is 0.932. The molecule has 0 aromatic rings. The predicted octanol–water partition coefficient (Wildman–Crippen LogP) is 0.836. The van der Waals surface area contributed by atoms with E-state index in [0.29, 0.717) is 0 Å². The van der Waals surface area contributed by atoms with E-state index in [-0.39, 0.29) is 6.35 Å². The molecule has 10 heavy (non-hydrogen) atoms. The number of nitrogens with zero attached hydrogens (tertiary/aromatic N) is 2. The highest BCUT2D eigenvalue weighted by atomic mass is 16.5. The summed E-state index contributed by atoms with van der Waals surface area (Å²) in [6.07, 6.45) is 3.68. The van der Waals surface area contributed by atoms with Gasteiger partial charge in [0.15, 0.2) is 0 Å². The van der Waals surface area contributed by atoms with Crippen molar-refractivity contribution < 1.29 is 4.74 Å². The van der Waals surface area contributed by atoms with Crippen LogP contribution in [0.4, 0.5) is 0 Å². The molecule has 56 valence electrons. The molecule has 1 aliphatic heterocycles. The van der Waals surface area contributed by atoms with Gasteiger partial charge < -0.3 is 9.64 Å². The average molecular weight is 140 g/mol. The zero-order chi connectivity index (χ0) is 7.56. The van der Waals surface area contributed by atoms with Gasteiger partial charge >= 0.3 is 0 Å². The molecule has 0 spiro atoms. The molecule has 0 aromatic heterocycles. The van der Waals surface area contributed by atoms with E-state index in [1.807, 2.05) is 31.3 Å². The molecular weight excluding hydrogens is 128 g/mol. The molecule has 1 heterocycles. The van der Waals surface area contributed by atoms with E-state index in [2.05, 4.69) is 4.99 Å². The molecule has 0 aliphatic carbocycles. The van der Waals surface area contributed by atoms with Gasteiger partial charge in [0.2, 0.25) is 6.35 Å². The van der Waals surface area contributed by atoms with Crippen LogP contribution in [0.25, 0.3) is 0 Å². The van der Waals surface area contributed by atoms with Crippen LogP contribution in [0.3, 0.4) is 0 Å². The molecule has 0 fully saturated rings. The van der Waals surface area contributed by atoms with Crippen LogP contribution < -0.4 is 0 Å². The van der Waals surface area contributed by atoms with Crippen molar-refractivity contribution >= 4 is 6.21 Å². The summed E-state index contributed by atoms with van der Waals surface area (Å²) in [4.78, 5) is 6.05. The van der Waals surface area contributed by atoms with Crippen molar-refractivity contribution in [2.24, 2.45) is 4.99 Å². The van der Waals surface area contributed by atoms with Gasteiger partial charge in [-0.15, -0.1) is 0 Å². The lowest BCUT2D eigenvalue weighted by Crippen LogP contribution is -2.29. The predicted molar refractivity (Wildman–Crippen MR) is 40.8 cm³/mol. The Bertz CT molecular complexity index is 174. The summed E-state index contributed by atoms with van der Waals surface area (Å²) in [7, 11) is 3.58. The molecule has 0 bridgehead atoms. The fraction of sp³-hybridized carbons (Fsp3) is 0.571. The number of aliphatic imine (C=N–C) groups is 1. The van der Waals surface area contributed by atoms with Crippen LogP contribution in [-0.4, -0.2) is 31.6 Å². The van der Waals surface area contributed by atoms with E-state index in [0.717, 1.165) is 5.57 Å². The Kier molecular flexibility index (Phi) is 2.06. The summed E-state index contributed by atoms with van der Waals surface area (Å²) >= 11 is 0. The monoisotopic (exact) mass is 140 g/mol. The van der Waals surface area contributed by atoms with Gasteiger partial charge in [-0.3, -0.25) is 0 Å². The van der Waals surface area contributed by atoms with Crippen LogP contribution in [0.5, 0.6) is 0 Å².